The molecule has 0 aliphatic heterocycles. The van der Waals surface area contributed by atoms with Crippen LogP contribution in [0.2, 0.25) is 0 Å². The summed E-state index contributed by atoms with van der Waals surface area (Å²) in [6.07, 6.45) is -4.66. The standard InChI is InChI=1S/C16H18F4/c1-8(2)12-13(15(12,4)5)10-6-9(3)14(17)11(7-10)16(18,19)20/h6-7,12-13H,1H2,2-5H3. The van der Waals surface area contributed by atoms with Gasteiger partial charge in [0.05, 0.1) is 5.56 Å². The van der Waals surface area contributed by atoms with E-state index in [1.807, 2.05) is 20.8 Å². The molecule has 110 valence electrons. The van der Waals surface area contributed by atoms with E-state index >= 15 is 0 Å². The first-order valence-electron chi connectivity index (χ1n) is 6.50. The van der Waals surface area contributed by atoms with E-state index in [9.17, 15) is 17.6 Å². The number of halogens is 4. The largest absolute Gasteiger partial charge is 0.419 e. The Morgan fingerprint density at radius 1 is 1.25 bits per heavy atom. The maximum absolute atomic E-state index is 13.7. The predicted octanol–water partition coefficient (Wildman–Crippen LogP) is 5.47. The molecule has 0 saturated heterocycles. The first-order chi connectivity index (χ1) is 8.98. The average molecular weight is 286 g/mol. The van der Waals surface area contributed by atoms with Crippen LogP contribution in [0.4, 0.5) is 17.6 Å². The zero-order chi connectivity index (χ0) is 15.5. The molecule has 1 aromatic rings. The molecule has 0 bridgehead atoms. The second kappa shape index (κ2) is 4.34. The lowest BCUT2D eigenvalue weighted by molar-refractivity contribution is -0.140. The summed E-state index contributed by atoms with van der Waals surface area (Å²) in [5.41, 5.74) is 0.248. The van der Waals surface area contributed by atoms with Crippen molar-refractivity contribution in [2.75, 3.05) is 0 Å². The quantitative estimate of drug-likeness (QED) is 0.499. The first kappa shape index (κ1) is 15.1. The second-order valence-corrected chi connectivity index (χ2v) is 6.32. The van der Waals surface area contributed by atoms with Crippen LogP contribution in [-0.2, 0) is 6.18 Å². The number of benzene rings is 1. The molecule has 0 aromatic heterocycles. The minimum Gasteiger partial charge on any atom is -0.206 e. The Kier molecular flexibility index (Phi) is 3.27. The molecule has 0 nitrogen and oxygen atoms in total. The Morgan fingerprint density at radius 2 is 1.80 bits per heavy atom. The van der Waals surface area contributed by atoms with Gasteiger partial charge in [-0.25, -0.2) is 4.39 Å². The van der Waals surface area contributed by atoms with E-state index in [1.54, 1.807) is 0 Å². The molecule has 2 rings (SSSR count). The first-order valence-corrected chi connectivity index (χ1v) is 6.50. The molecule has 2 unspecified atom stereocenters. The molecular formula is C16H18F4. The van der Waals surface area contributed by atoms with Crippen molar-refractivity contribution in [2.24, 2.45) is 11.3 Å². The predicted molar refractivity (Wildman–Crippen MR) is 71.0 cm³/mol. The van der Waals surface area contributed by atoms with Crippen molar-refractivity contribution < 1.29 is 17.6 Å². The van der Waals surface area contributed by atoms with E-state index in [-0.39, 0.29) is 22.8 Å². The smallest absolute Gasteiger partial charge is 0.206 e. The van der Waals surface area contributed by atoms with Crippen LogP contribution in [0.3, 0.4) is 0 Å². The third kappa shape index (κ3) is 2.25. The van der Waals surface area contributed by atoms with Gasteiger partial charge in [0.2, 0.25) is 0 Å². The molecule has 1 aliphatic carbocycles. The van der Waals surface area contributed by atoms with Gasteiger partial charge in [-0.1, -0.05) is 32.1 Å². The molecule has 4 heteroatoms. The van der Waals surface area contributed by atoms with Gasteiger partial charge in [0.1, 0.15) is 5.82 Å². The number of allylic oxidation sites excluding steroid dienone is 1. The Hall–Kier alpha value is -1.32. The number of alkyl halides is 3. The lowest BCUT2D eigenvalue weighted by atomic mass is 9.98. The van der Waals surface area contributed by atoms with Crippen LogP contribution in [-0.4, -0.2) is 0 Å². The van der Waals surface area contributed by atoms with Gasteiger partial charge in [-0.3, -0.25) is 0 Å². The molecule has 0 heterocycles. The normalized spacial score (nSPS) is 24.6. The van der Waals surface area contributed by atoms with Gasteiger partial charge in [-0.2, -0.15) is 13.2 Å². The fraction of sp³-hybridized carbons (Fsp3) is 0.500. The highest BCUT2D eigenvalue weighted by Gasteiger charge is 2.58. The van der Waals surface area contributed by atoms with Gasteiger partial charge in [0, 0.05) is 0 Å². The summed E-state index contributed by atoms with van der Waals surface area (Å²) in [6, 6.07) is 2.48. The summed E-state index contributed by atoms with van der Waals surface area (Å²) in [5, 5.41) is 0. The van der Waals surface area contributed by atoms with Crippen molar-refractivity contribution >= 4 is 0 Å². The highest BCUT2D eigenvalue weighted by molar-refractivity contribution is 5.42. The Balaban J connectivity index is 2.51. The van der Waals surface area contributed by atoms with Crippen molar-refractivity contribution in [1.82, 2.24) is 0 Å². The van der Waals surface area contributed by atoms with Crippen LogP contribution in [0.5, 0.6) is 0 Å². The van der Waals surface area contributed by atoms with Gasteiger partial charge >= 0.3 is 6.18 Å². The molecule has 1 aliphatic rings. The maximum atomic E-state index is 13.7. The van der Waals surface area contributed by atoms with Crippen LogP contribution >= 0.6 is 0 Å². The summed E-state index contributed by atoms with van der Waals surface area (Å²) in [7, 11) is 0. The van der Waals surface area contributed by atoms with Crippen LogP contribution in [0.15, 0.2) is 24.3 Å². The Morgan fingerprint density at radius 3 is 2.20 bits per heavy atom. The lowest BCUT2D eigenvalue weighted by Gasteiger charge is -2.13. The van der Waals surface area contributed by atoms with Crippen molar-refractivity contribution in [1.29, 1.82) is 0 Å². The van der Waals surface area contributed by atoms with Gasteiger partial charge in [-0.05, 0) is 48.3 Å². The molecule has 1 fully saturated rings. The summed E-state index contributed by atoms with van der Waals surface area (Å²) in [6.45, 7) is 11.2. The van der Waals surface area contributed by atoms with E-state index < -0.39 is 17.6 Å². The van der Waals surface area contributed by atoms with E-state index in [1.165, 1.54) is 13.0 Å². The summed E-state index contributed by atoms with van der Waals surface area (Å²) in [4.78, 5) is 0. The highest BCUT2D eigenvalue weighted by atomic mass is 19.4. The van der Waals surface area contributed by atoms with E-state index in [0.717, 1.165) is 11.6 Å². The van der Waals surface area contributed by atoms with Crippen molar-refractivity contribution in [2.45, 2.75) is 39.8 Å². The molecule has 20 heavy (non-hydrogen) atoms. The zero-order valence-electron chi connectivity index (χ0n) is 12.0. The van der Waals surface area contributed by atoms with Gasteiger partial charge in [-0.15, -0.1) is 0 Å². The fourth-order valence-corrected chi connectivity index (χ4v) is 3.36. The summed E-state index contributed by atoms with van der Waals surface area (Å²) < 4.78 is 52.3. The van der Waals surface area contributed by atoms with Crippen LogP contribution < -0.4 is 0 Å². The zero-order valence-corrected chi connectivity index (χ0v) is 12.0. The number of hydrogen-bond acceptors (Lipinski definition) is 0. The molecule has 0 N–H and O–H groups in total. The van der Waals surface area contributed by atoms with E-state index in [4.69, 9.17) is 0 Å². The monoisotopic (exact) mass is 286 g/mol. The Labute approximate surface area is 116 Å². The van der Waals surface area contributed by atoms with E-state index in [0.29, 0.717) is 5.56 Å². The molecular weight excluding hydrogens is 268 g/mol. The van der Waals surface area contributed by atoms with Gasteiger partial charge in [0.25, 0.3) is 0 Å². The molecule has 1 aromatic carbocycles. The van der Waals surface area contributed by atoms with E-state index in [2.05, 4.69) is 6.58 Å². The Bertz CT molecular complexity index is 567. The molecule has 0 spiro atoms. The number of aryl methyl sites for hydroxylation is 1. The highest BCUT2D eigenvalue weighted by Crippen LogP contribution is 2.67. The average Bonchev–Trinajstić information content (AvgIpc) is 2.84. The van der Waals surface area contributed by atoms with Crippen LogP contribution in [0.25, 0.3) is 0 Å². The molecule has 2 atom stereocenters. The molecule has 1 saturated carbocycles. The number of rotatable bonds is 2. The SMILES string of the molecule is C=C(C)C1C(c2cc(C)c(F)c(C(F)(F)F)c2)C1(C)C. The van der Waals surface area contributed by atoms with Crippen molar-refractivity contribution in [3.05, 3.63) is 46.8 Å². The van der Waals surface area contributed by atoms with Crippen LogP contribution in [0, 0.1) is 24.1 Å². The maximum Gasteiger partial charge on any atom is 0.419 e. The minimum atomic E-state index is -4.66. The van der Waals surface area contributed by atoms with Crippen molar-refractivity contribution in [3.63, 3.8) is 0 Å². The topological polar surface area (TPSA) is 0 Å². The number of hydrogen-bond donors (Lipinski definition) is 0. The summed E-state index contributed by atoms with van der Waals surface area (Å²) >= 11 is 0. The van der Waals surface area contributed by atoms with Crippen LogP contribution in [0.1, 0.15) is 43.4 Å². The summed E-state index contributed by atoms with van der Waals surface area (Å²) in [5.74, 6) is -1.06. The fourth-order valence-electron chi connectivity index (χ4n) is 3.36. The van der Waals surface area contributed by atoms with Gasteiger partial charge < -0.3 is 0 Å². The molecule has 0 radical (unpaired) electrons. The van der Waals surface area contributed by atoms with Gasteiger partial charge in [0.15, 0.2) is 0 Å². The third-order valence-electron chi connectivity index (χ3n) is 4.30. The lowest BCUT2D eigenvalue weighted by Crippen LogP contribution is -2.10. The minimum absolute atomic E-state index is 0.0274. The third-order valence-corrected chi connectivity index (χ3v) is 4.30. The molecule has 0 amide bonds. The van der Waals surface area contributed by atoms with Crippen molar-refractivity contribution in [3.8, 4) is 0 Å². The second-order valence-electron chi connectivity index (χ2n) is 6.32.